The van der Waals surface area contributed by atoms with Crippen molar-refractivity contribution in [2.45, 2.75) is 30.4 Å². The van der Waals surface area contributed by atoms with Gasteiger partial charge in [0.1, 0.15) is 17.3 Å². The molecule has 0 N–H and O–H groups in total. The van der Waals surface area contributed by atoms with Gasteiger partial charge in [-0.15, -0.1) is 0 Å². The summed E-state index contributed by atoms with van der Waals surface area (Å²) in [6, 6.07) is 10.8. The molecule has 0 aliphatic carbocycles. The van der Waals surface area contributed by atoms with Gasteiger partial charge in [-0.05, 0) is 43.2 Å². The zero-order chi connectivity index (χ0) is 19.9. The molecular formula is C19H18BrFN2O4S. The van der Waals surface area contributed by atoms with Gasteiger partial charge in [0.2, 0.25) is 10.0 Å². The van der Waals surface area contributed by atoms with Crippen LogP contribution in [0.25, 0.3) is 0 Å². The van der Waals surface area contributed by atoms with Gasteiger partial charge in [-0.3, -0.25) is 4.90 Å². The van der Waals surface area contributed by atoms with Gasteiger partial charge in [-0.25, -0.2) is 17.6 Å². The Morgan fingerprint density at radius 1 is 1.11 bits per heavy atom. The van der Waals surface area contributed by atoms with Crippen molar-refractivity contribution in [1.29, 1.82) is 0 Å². The third kappa shape index (κ3) is 3.42. The van der Waals surface area contributed by atoms with Crippen LogP contribution in [0.15, 0.2) is 51.8 Å². The third-order valence-corrected chi connectivity index (χ3v) is 7.52. The summed E-state index contributed by atoms with van der Waals surface area (Å²) >= 11 is 3.42. The molecule has 2 aromatic rings. The normalized spacial score (nSPS) is 18.6. The minimum Gasteiger partial charge on any atom is -0.444 e. The van der Waals surface area contributed by atoms with E-state index in [1.54, 1.807) is 4.90 Å². The van der Waals surface area contributed by atoms with Gasteiger partial charge in [0.15, 0.2) is 0 Å². The van der Waals surface area contributed by atoms with Crippen molar-refractivity contribution < 1.29 is 22.3 Å². The molecule has 6 nitrogen and oxygen atoms in total. The van der Waals surface area contributed by atoms with Crippen LogP contribution in [-0.2, 0) is 21.4 Å². The maximum atomic E-state index is 14.0. The first-order valence-corrected chi connectivity index (χ1v) is 11.1. The van der Waals surface area contributed by atoms with Crippen LogP contribution >= 0.6 is 15.9 Å². The molecule has 2 aromatic carbocycles. The monoisotopic (exact) mass is 468 g/mol. The second-order valence-electron chi connectivity index (χ2n) is 6.76. The van der Waals surface area contributed by atoms with Crippen molar-refractivity contribution in [2.24, 2.45) is 0 Å². The molecule has 0 aromatic heterocycles. The van der Waals surface area contributed by atoms with E-state index in [-0.39, 0.29) is 30.6 Å². The number of cyclic esters (lactones) is 1. The number of halogens is 2. The topological polar surface area (TPSA) is 66.9 Å². The minimum absolute atomic E-state index is 0.181. The number of sulfonamides is 1. The smallest absolute Gasteiger partial charge is 0.414 e. The zero-order valence-corrected chi connectivity index (χ0v) is 17.2. The second kappa shape index (κ2) is 7.46. The standard InChI is InChI=1S/C19H18BrFN2O4S/c20-14-5-6-17-13(11-14)12-27-19(24)23(17)15-7-9-22(10-8-15)28(25,26)18-4-2-1-3-16(18)21/h1-6,11,15H,7-10,12H2. The average molecular weight is 469 g/mol. The number of benzene rings is 2. The Morgan fingerprint density at radius 3 is 2.54 bits per heavy atom. The summed E-state index contributed by atoms with van der Waals surface area (Å²) in [4.78, 5) is 13.7. The molecule has 9 heteroatoms. The molecule has 0 radical (unpaired) electrons. The minimum atomic E-state index is -3.91. The highest BCUT2D eigenvalue weighted by atomic mass is 79.9. The summed E-state index contributed by atoms with van der Waals surface area (Å²) in [5, 5.41) is 0. The summed E-state index contributed by atoms with van der Waals surface area (Å²) < 4.78 is 47.0. The SMILES string of the molecule is O=C1OCc2cc(Br)ccc2N1C1CCN(S(=O)(=O)c2ccccc2F)CC1. The zero-order valence-electron chi connectivity index (χ0n) is 14.8. The van der Waals surface area contributed by atoms with E-state index >= 15 is 0 Å². The van der Waals surface area contributed by atoms with E-state index in [9.17, 15) is 17.6 Å². The fraction of sp³-hybridized carbons (Fsp3) is 0.316. The largest absolute Gasteiger partial charge is 0.444 e. The Morgan fingerprint density at radius 2 is 1.82 bits per heavy atom. The number of nitrogens with zero attached hydrogens (tertiary/aromatic N) is 2. The summed E-state index contributed by atoms with van der Waals surface area (Å²) in [5.74, 6) is -0.760. The maximum absolute atomic E-state index is 14.0. The number of carbonyl (C=O) groups excluding carboxylic acids is 1. The van der Waals surface area contributed by atoms with E-state index in [2.05, 4.69) is 15.9 Å². The molecule has 1 saturated heterocycles. The first-order valence-electron chi connectivity index (χ1n) is 8.87. The molecule has 0 unspecified atom stereocenters. The highest BCUT2D eigenvalue weighted by Gasteiger charge is 2.37. The lowest BCUT2D eigenvalue weighted by molar-refractivity contribution is 0.135. The number of anilines is 1. The quantitative estimate of drug-likeness (QED) is 0.684. The molecule has 2 aliphatic heterocycles. The van der Waals surface area contributed by atoms with Crippen molar-refractivity contribution in [1.82, 2.24) is 4.31 Å². The van der Waals surface area contributed by atoms with E-state index in [1.165, 1.54) is 22.5 Å². The van der Waals surface area contributed by atoms with Crippen LogP contribution < -0.4 is 4.90 Å². The van der Waals surface area contributed by atoms with Crippen molar-refractivity contribution in [3.63, 3.8) is 0 Å². The Labute approximate surface area is 171 Å². The summed E-state index contributed by atoms with van der Waals surface area (Å²) in [7, 11) is -3.91. The molecule has 1 fully saturated rings. The summed E-state index contributed by atoms with van der Waals surface area (Å²) in [6.45, 7) is 0.624. The van der Waals surface area contributed by atoms with Gasteiger partial charge >= 0.3 is 6.09 Å². The van der Waals surface area contributed by atoms with Gasteiger partial charge in [-0.1, -0.05) is 28.1 Å². The molecular weight excluding hydrogens is 451 g/mol. The molecule has 0 spiro atoms. The fourth-order valence-corrected chi connectivity index (χ4v) is 5.63. The second-order valence-corrected chi connectivity index (χ2v) is 9.59. The summed E-state index contributed by atoms with van der Waals surface area (Å²) in [6.07, 6.45) is 0.460. The number of carbonyl (C=O) groups is 1. The summed E-state index contributed by atoms with van der Waals surface area (Å²) in [5.41, 5.74) is 1.69. The predicted molar refractivity (Wildman–Crippen MR) is 105 cm³/mol. The number of amides is 1. The lowest BCUT2D eigenvalue weighted by Crippen LogP contribution is -2.50. The first kappa shape index (κ1) is 19.4. The lowest BCUT2D eigenvalue weighted by atomic mass is 10.0. The van der Waals surface area contributed by atoms with E-state index in [0.29, 0.717) is 12.8 Å². The maximum Gasteiger partial charge on any atom is 0.414 e. The van der Waals surface area contributed by atoms with Crippen LogP contribution in [0.5, 0.6) is 0 Å². The number of piperidine rings is 1. The van der Waals surface area contributed by atoms with E-state index < -0.39 is 21.9 Å². The van der Waals surface area contributed by atoms with Crippen LogP contribution in [0.4, 0.5) is 14.9 Å². The molecule has 0 saturated carbocycles. The number of rotatable bonds is 3. The highest BCUT2D eigenvalue weighted by Crippen LogP contribution is 2.34. The van der Waals surface area contributed by atoms with Crippen LogP contribution in [0, 0.1) is 5.82 Å². The van der Waals surface area contributed by atoms with Gasteiger partial charge in [0.05, 0.1) is 5.69 Å². The van der Waals surface area contributed by atoms with E-state index in [4.69, 9.17) is 4.74 Å². The molecule has 4 rings (SSSR count). The van der Waals surface area contributed by atoms with Gasteiger partial charge in [0.25, 0.3) is 0 Å². The Kier molecular flexibility index (Phi) is 5.15. The third-order valence-electron chi connectivity index (χ3n) is 5.09. The molecule has 148 valence electrons. The van der Waals surface area contributed by atoms with Crippen molar-refractivity contribution in [3.8, 4) is 0 Å². The lowest BCUT2D eigenvalue weighted by Gasteiger charge is -2.39. The predicted octanol–water partition coefficient (Wildman–Crippen LogP) is 3.90. The Bertz CT molecular complexity index is 1020. The molecule has 0 bridgehead atoms. The van der Waals surface area contributed by atoms with Crippen LogP contribution in [0.3, 0.4) is 0 Å². The molecule has 2 heterocycles. The van der Waals surface area contributed by atoms with Crippen molar-refractivity contribution in [3.05, 3.63) is 58.3 Å². The Hall–Kier alpha value is -1.97. The molecule has 1 amide bonds. The molecule has 2 aliphatic rings. The van der Waals surface area contributed by atoms with E-state index in [0.717, 1.165) is 21.8 Å². The molecule has 0 atom stereocenters. The van der Waals surface area contributed by atoms with Gasteiger partial charge < -0.3 is 4.74 Å². The van der Waals surface area contributed by atoms with Crippen LogP contribution in [0.1, 0.15) is 18.4 Å². The number of hydrogen-bond acceptors (Lipinski definition) is 4. The number of fused-ring (bicyclic) bond motifs is 1. The fourth-order valence-electron chi connectivity index (χ4n) is 3.69. The first-order chi connectivity index (χ1) is 13.4. The number of hydrogen-bond donors (Lipinski definition) is 0. The average Bonchev–Trinajstić information content (AvgIpc) is 2.68. The van der Waals surface area contributed by atoms with Gasteiger partial charge in [0, 0.05) is 29.2 Å². The highest BCUT2D eigenvalue weighted by molar-refractivity contribution is 9.10. The van der Waals surface area contributed by atoms with Crippen LogP contribution in [-0.4, -0.2) is 37.9 Å². The van der Waals surface area contributed by atoms with Crippen molar-refractivity contribution >= 4 is 37.7 Å². The number of ether oxygens (including phenoxy) is 1. The van der Waals surface area contributed by atoms with Gasteiger partial charge in [-0.2, -0.15) is 4.31 Å². The van der Waals surface area contributed by atoms with E-state index in [1.807, 2.05) is 18.2 Å². The molecule has 28 heavy (non-hydrogen) atoms. The van der Waals surface area contributed by atoms with Crippen molar-refractivity contribution in [2.75, 3.05) is 18.0 Å². The Balaban J connectivity index is 1.54. The van der Waals surface area contributed by atoms with Crippen LogP contribution in [0.2, 0.25) is 0 Å².